The van der Waals surface area contributed by atoms with Crippen molar-refractivity contribution in [2.75, 3.05) is 13.1 Å². The maximum atomic E-state index is 13.0. The van der Waals surface area contributed by atoms with Crippen molar-refractivity contribution >= 4 is 15.9 Å². The van der Waals surface area contributed by atoms with Gasteiger partial charge in [0.2, 0.25) is 10.0 Å². The molecule has 28 heavy (non-hydrogen) atoms. The van der Waals surface area contributed by atoms with Crippen molar-refractivity contribution in [2.45, 2.75) is 51.0 Å². The number of aromatic nitrogens is 4. The monoisotopic (exact) mass is 408 g/mol. The zero-order chi connectivity index (χ0) is 20.5. The van der Waals surface area contributed by atoms with Crippen LogP contribution in [0.1, 0.15) is 47.9 Å². The number of hydrogen-bond acceptors (Lipinski definition) is 5. The summed E-state index contributed by atoms with van der Waals surface area (Å²) in [5.74, 6) is -0.217. The van der Waals surface area contributed by atoms with Crippen LogP contribution in [0, 0.1) is 12.8 Å². The smallest absolute Gasteiger partial charge is 0.252 e. The molecule has 2 N–H and O–H groups in total. The second kappa shape index (κ2) is 8.04. The minimum absolute atomic E-state index is 0.267. The second-order valence-corrected chi connectivity index (χ2v) is 9.33. The third-order valence-electron chi connectivity index (χ3n) is 5.20. The lowest BCUT2D eigenvalue weighted by atomic mass is 9.92. The Labute approximate surface area is 165 Å². The number of carbonyl (C=O) groups excluding carboxylic acids is 1. The molecule has 0 spiro atoms. The fraction of sp³-hybridized carbons (Fsp3) is 0.611. The first-order chi connectivity index (χ1) is 13.2. The molecule has 3 heterocycles. The van der Waals surface area contributed by atoms with E-state index in [1.807, 2.05) is 6.92 Å². The molecule has 1 aliphatic heterocycles. The Morgan fingerprint density at radius 1 is 1.25 bits per heavy atom. The molecule has 0 saturated carbocycles. The van der Waals surface area contributed by atoms with Crippen LogP contribution >= 0.6 is 0 Å². The minimum Gasteiger partial charge on any atom is -0.365 e. The van der Waals surface area contributed by atoms with Crippen molar-refractivity contribution < 1.29 is 13.2 Å². The summed E-state index contributed by atoms with van der Waals surface area (Å²) < 4.78 is 30.9. The molecule has 3 rings (SSSR count). The maximum Gasteiger partial charge on any atom is 0.252 e. The number of hydrogen-bond donors (Lipinski definition) is 1. The molecule has 0 unspecified atom stereocenters. The lowest BCUT2D eigenvalue weighted by molar-refractivity contribution is 0.0999. The summed E-state index contributed by atoms with van der Waals surface area (Å²) in [7, 11) is -1.79. The van der Waals surface area contributed by atoms with Gasteiger partial charge in [-0.05, 0) is 38.5 Å². The molecule has 9 nitrogen and oxygen atoms in total. The highest BCUT2D eigenvalue weighted by Crippen LogP contribution is 2.27. The molecule has 0 aromatic carbocycles. The first-order valence-electron chi connectivity index (χ1n) is 9.59. The summed E-state index contributed by atoms with van der Waals surface area (Å²) in [5.41, 5.74) is 7.09. The predicted octanol–water partition coefficient (Wildman–Crippen LogP) is 1.08. The number of nitrogens with zero attached hydrogens (tertiary/aromatic N) is 5. The van der Waals surface area contributed by atoms with Crippen molar-refractivity contribution in [1.82, 2.24) is 23.9 Å². The van der Waals surface area contributed by atoms with Crippen LogP contribution in [-0.4, -0.2) is 51.3 Å². The summed E-state index contributed by atoms with van der Waals surface area (Å²) >= 11 is 0. The molecule has 1 amide bonds. The number of carbonyl (C=O) groups is 1. The summed E-state index contributed by atoms with van der Waals surface area (Å²) in [6.07, 6.45) is 6.22. The summed E-state index contributed by atoms with van der Waals surface area (Å²) in [5, 5.41) is 8.66. The Balaban J connectivity index is 1.67. The van der Waals surface area contributed by atoms with Crippen molar-refractivity contribution in [2.24, 2.45) is 18.7 Å². The molecule has 0 radical (unpaired) electrons. The Morgan fingerprint density at radius 2 is 1.93 bits per heavy atom. The molecule has 2 aromatic rings. The SMILES string of the molecule is CCCn1cc(S(=O)(=O)N2CCC(Cc3nn(C)cc3C(N)=O)CC2)c(C)n1. The van der Waals surface area contributed by atoms with Crippen LogP contribution in [0.4, 0.5) is 0 Å². The Hall–Kier alpha value is -2.20. The average Bonchev–Trinajstić information content (AvgIpc) is 3.18. The number of rotatable bonds is 7. The van der Waals surface area contributed by atoms with E-state index in [0.717, 1.165) is 19.3 Å². The van der Waals surface area contributed by atoms with Gasteiger partial charge in [-0.15, -0.1) is 0 Å². The maximum absolute atomic E-state index is 13.0. The summed E-state index contributed by atoms with van der Waals surface area (Å²) in [4.78, 5) is 11.9. The van der Waals surface area contributed by atoms with Crippen LogP contribution in [0.3, 0.4) is 0 Å². The minimum atomic E-state index is -3.55. The number of aryl methyl sites for hydroxylation is 3. The third kappa shape index (κ3) is 4.12. The topological polar surface area (TPSA) is 116 Å². The van der Waals surface area contributed by atoms with E-state index >= 15 is 0 Å². The normalized spacial score (nSPS) is 16.5. The molecule has 1 aliphatic rings. The summed E-state index contributed by atoms with van der Waals surface area (Å²) in [6, 6.07) is 0. The van der Waals surface area contributed by atoms with Gasteiger partial charge in [0.25, 0.3) is 5.91 Å². The van der Waals surface area contributed by atoms with Crippen LogP contribution in [0.15, 0.2) is 17.3 Å². The van der Waals surface area contributed by atoms with Gasteiger partial charge in [0.1, 0.15) is 4.90 Å². The Morgan fingerprint density at radius 3 is 2.54 bits per heavy atom. The van der Waals surface area contributed by atoms with Crippen molar-refractivity contribution in [1.29, 1.82) is 0 Å². The van der Waals surface area contributed by atoms with Gasteiger partial charge in [-0.1, -0.05) is 6.92 Å². The quantitative estimate of drug-likeness (QED) is 0.736. The standard InChI is InChI=1S/C18H28N6O3S/c1-4-7-23-12-17(13(2)20-23)28(26,27)24-8-5-14(6-9-24)10-16-15(18(19)25)11-22(3)21-16/h11-12,14H,4-10H2,1-3H3,(H2,19,25). The molecular weight excluding hydrogens is 380 g/mol. The molecular formula is C18H28N6O3S. The van der Waals surface area contributed by atoms with Gasteiger partial charge < -0.3 is 5.73 Å². The first-order valence-corrected chi connectivity index (χ1v) is 11.0. The third-order valence-corrected chi connectivity index (χ3v) is 7.20. The fourth-order valence-corrected chi connectivity index (χ4v) is 5.39. The molecule has 0 bridgehead atoms. The average molecular weight is 409 g/mol. The number of primary amides is 1. The molecule has 1 saturated heterocycles. The zero-order valence-electron chi connectivity index (χ0n) is 16.6. The fourth-order valence-electron chi connectivity index (χ4n) is 3.75. The van der Waals surface area contributed by atoms with E-state index in [2.05, 4.69) is 10.2 Å². The first kappa shape index (κ1) is 20.5. The van der Waals surface area contributed by atoms with Gasteiger partial charge in [0.05, 0.1) is 17.0 Å². The molecule has 2 aromatic heterocycles. The predicted molar refractivity (Wildman–Crippen MR) is 104 cm³/mol. The molecule has 154 valence electrons. The van der Waals surface area contributed by atoms with Gasteiger partial charge in [-0.3, -0.25) is 14.2 Å². The highest BCUT2D eigenvalue weighted by molar-refractivity contribution is 7.89. The van der Waals surface area contributed by atoms with E-state index < -0.39 is 15.9 Å². The molecule has 0 aliphatic carbocycles. The van der Waals surface area contributed by atoms with Crippen LogP contribution in [0.2, 0.25) is 0 Å². The largest absolute Gasteiger partial charge is 0.365 e. The van der Waals surface area contributed by atoms with Crippen molar-refractivity contribution in [3.8, 4) is 0 Å². The highest BCUT2D eigenvalue weighted by atomic mass is 32.2. The van der Waals surface area contributed by atoms with Crippen LogP contribution < -0.4 is 5.73 Å². The molecule has 1 fully saturated rings. The molecule has 10 heteroatoms. The Bertz CT molecular complexity index is 954. The number of sulfonamides is 1. The number of piperidine rings is 1. The zero-order valence-corrected chi connectivity index (χ0v) is 17.4. The van der Waals surface area contributed by atoms with E-state index in [-0.39, 0.29) is 5.92 Å². The van der Waals surface area contributed by atoms with Gasteiger partial charge in [0, 0.05) is 39.1 Å². The Kier molecular flexibility index (Phi) is 5.90. The number of amides is 1. The van der Waals surface area contributed by atoms with Gasteiger partial charge in [-0.2, -0.15) is 14.5 Å². The van der Waals surface area contributed by atoms with Crippen LogP contribution in [-0.2, 0) is 30.0 Å². The second-order valence-electron chi connectivity index (χ2n) is 7.42. The summed E-state index contributed by atoms with van der Waals surface area (Å²) in [6.45, 7) is 5.36. The van der Waals surface area contributed by atoms with Crippen molar-refractivity contribution in [3.05, 3.63) is 29.3 Å². The van der Waals surface area contributed by atoms with Crippen molar-refractivity contribution in [3.63, 3.8) is 0 Å². The van der Waals surface area contributed by atoms with Gasteiger partial charge in [0.15, 0.2) is 0 Å². The van der Waals surface area contributed by atoms with Crippen LogP contribution in [0.5, 0.6) is 0 Å². The number of nitrogens with two attached hydrogens (primary N) is 1. The van der Waals surface area contributed by atoms with Crippen LogP contribution in [0.25, 0.3) is 0 Å². The van der Waals surface area contributed by atoms with E-state index in [9.17, 15) is 13.2 Å². The van der Waals surface area contributed by atoms with E-state index in [0.29, 0.717) is 47.9 Å². The van der Waals surface area contributed by atoms with Gasteiger partial charge >= 0.3 is 0 Å². The van der Waals surface area contributed by atoms with E-state index in [1.54, 1.807) is 35.7 Å². The lowest BCUT2D eigenvalue weighted by Crippen LogP contribution is -2.39. The van der Waals surface area contributed by atoms with E-state index in [1.165, 1.54) is 4.31 Å². The van der Waals surface area contributed by atoms with Gasteiger partial charge in [-0.25, -0.2) is 8.42 Å². The molecule has 0 atom stereocenters. The lowest BCUT2D eigenvalue weighted by Gasteiger charge is -2.30. The highest BCUT2D eigenvalue weighted by Gasteiger charge is 2.32. The van der Waals surface area contributed by atoms with E-state index in [4.69, 9.17) is 5.73 Å².